The van der Waals surface area contributed by atoms with E-state index in [0.717, 1.165) is 11.8 Å². The first-order chi connectivity index (χ1) is 17.4. The van der Waals surface area contributed by atoms with Crippen molar-refractivity contribution in [3.63, 3.8) is 0 Å². The lowest BCUT2D eigenvalue weighted by Gasteiger charge is -2.05. The minimum absolute atomic E-state index is 0.0330. The summed E-state index contributed by atoms with van der Waals surface area (Å²) in [5.41, 5.74) is 1.67. The van der Waals surface area contributed by atoms with E-state index >= 15 is 0 Å². The smallest absolute Gasteiger partial charge is 0.342 e. The van der Waals surface area contributed by atoms with Crippen LogP contribution in [0.3, 0.4) is 0 Å². The number of nitrogens with zero attached hydrogens (tertiary/aromatic N) is 2. The van der Waals surface area contributed by atoms with Crippen molar-refractivity contribution < 1.29 is 37.7 Å². The van der Waals surface area contributed by atoms with Crippen molar-refractivity contribution in [3.8, 4) is 34.3 Å². The van der Waals surface area contributed by atoms with Gasteiger partial charge in [-0.05, 0) is 48.2 Å². The number of thioether (sulfide) groups is 1. The maximum Gasteiger partial charge on any atom is 0.342 e. The van der Waals surface area contributed by atoms with E-state index in [-0.39, 0.29) is 16.0 Å². The summed E-state index contributed by atoms with van der Waals surface area (Å²) in [7, 11) is 4.36. The number of aliphatic carboxylic acids is 1. The predicted molar refractivity (Wildman–Crippen MR) is 130 cm³/mol. The van der Waals surface area contributed by atoms with Gasteiger partial charge in [0.15, 0.2) is 0 Å². The summed E-state index contributed by atoms with van der Waals surface area (Å²) in [5.74, 6) is 0.428. The summed E-state index contributed by atoms with van der Waals surface area (Å²) in [6.07, 6.45) is 1.36. The van der Waals surface area contributed by atoms with Gasteiger partial charge in [-0.25, -0.2) is 9.59 Å². The lowest BCUT2D eigenvalue weighted by Crippen LogP contribution is -2.00. The quantitative estimate of drug-likeness (QED) is 0.185. The van der Waals surface area contributed by atoms with Crippen molar-refractivity contribution >= 4 is 29.8 Å². The molecular weight excluding hydrogens is 488 g/mol. The summed E-state index contributed by atoms with van der Waals surface area (Å²) in [6, 6.07) is 15.1. The molecule has 0 saturated heterocycles. The van der Waals surface area contributed by atoms with Crippen molar-refractivity contribution in [1.82, 2.24) is 10.2 Å². The van der Waals surface area contributed by atoms with Crippen LogP contribution in [0.15, 0.2) is 73.6 Å². The molecule has 0 aliphatic heterocycles. The molecule has 2 heterocycles. The molecule has 0 saturated carbocycles. The van der Waals surface area contributed by atoms with E-state index in [1.54, 1.807) is 54.6 Å². The second-order valence-electron chi connectivity index (χ2n) is 7.16. The third-order valence-electron chi connectivity index (χ3n) is 4.90. The second-order valence-corrected chi connectivity index (χ2v) is 8.15. The fraction of sp³-hybridized carbons (Fsp3) is 0.120. The number of carbonyl (C=O) groups is 2. The fourth-order valence-electron chi connectivity index (χ4n) is 3.13. The van der Waals surface area contributed by atoms with E-state index in [1.807, 2.05) is 0 Å². The molecule has 36 heavy (non-hydrogen) atoms. The molecule has 184 valence electrons. The van der Waals surface area contributed by atoms with Crippen LogP contribution in [0.4, 0.5) is 0 Å². The minimum Gasteiger partial charge on any atom is -0.497 e. The first kappa shape index (κ1) is 24.6. The Bertz CT molecular complexity index is 1400. The van der Waals surface area contributed by atoms with Crippen molar-refractivity contribution in [2.24, 2.45) is 0 Å². The highest BCUT2D eigenvalue weighted by atomic mass is 32.2. The highest BCUT2D eigenvalue weighted by Gasteiger charge is 2.18. The van der Waals surface area contributed by atoms with Crippen molar-refractivity contribution in [2.75, 3.05) is 21.3 Å². The molecule has 0 bridgehead atoms. The maximum atomic E-state index is 11.9. The SMILES string of the molecule is COC(=O)c1ccc(-c2ccc(/C=C(\Sc3nnc(-c4cc(OC)cc(OC)c4)o3)C(=O)O)o2)cc1. The van der Waals surface area contributed by atoms with E-state index in [0.29, 0.717) is 39.7 Å². The lowest BCUT2D eigenvalue weighted by molar-refractivity contribution is -0.131. The van der Waals surface area contributed by atoms with Crippen LogP contribution in [0.2, 0.25) is 0 Å². The average Bonchev–Trinajstić information content (AvgIpc) is 3.57. The number of carbonyl (C=O) groups excluding carboxylic acids is 1. The second kappa shape index (κ2) is 10.8. The Labute approximate surface area is 209 Å². The molecular formula is C25H20N2O8S. The predicted octanol–water partition coefficient (Wildman–Crippen LogP) is 5.02. The summed E-state index contributed by atoms with van der Waals surface area (Å²) in [5, 5.41) is 17.7. The molecule has 0 unspecified atom stereocenters. The van der Waals surface area contributed by atoms with Crippen molar-refractivity contribution in [2.45, 2.75) is 5.22 Å². The normalized spacial score (nSPS) is 11.2. The Morgan fingerprint density at radius 3 is 2.19 bits per heavy atom. The van der Waals surface area contributed by atoms with Gasteiger partial charge in [0, 0.05) is 23.3 Å². The fourth-order valence-corrected chi connectivity index (χ4v) is 3.78. The number of hydrogen-bond donors (Lipinski definition) is 1. The first-order valence-electron chi connectivity index (χ1n) is 10.4. The molecule has 1 N–H and O–H groups in total. The molecule has 0 atom stereocenters. The number of ether oxygens (including phenoxy) is 3. The molecule has 2 aromatic carbocycles. The zero-order chi connectivity index (χ0) is 25.7. The number of benzene rings is 2. The number of aromatic nitrogens is 2. The molecule has 11 heteroatoms. The molecule has 0 aliphatic carbocycles. The van der Waals surface area contributed by atoms with Crippen LogP contribution >= 0.6 is 11.8 Å². The van der Waals surface area contributed by atoms with Crippen LogP contribution in [0.25, 0.3) is 28.9 Å². The summed E-state index contributed by atoms with van der Waals surface area (Å²) in [6.45, 7) is 0. The average molecular weight is 509 g/mol. The number of furan rings is 1. The van der Waals surface area contributed by atoms with Crippen LogP contribution in [0.1, 0.15) is 16.1 Å². The van der Waals surface area contributed by atoms with Gasteiger partial charge in [0.25, 0.3) is 5.22 Å². The summed E-state index contributed by atoms with van der Waals surface area (Å²) in [4.78, 5) is 23.4. The number of rotatable bonds is 9. The van der Waals surface area contributed by atoms with Crippen molar-refractivity contribution in [3.05, 3.63) is 70.8 Å². The Balaban J connectivity index is 1.54. The summed E-state index contributed by atoms with van der Waals surface area (Å²) >= 11 is 0.787. The topological polar surface area (TPSA) is 134 Å². The standard InChI is InChI=1S/C25H20N2O8S/c1-31-18-10-16(11-19(12-18)32-2)22-26-27-25(35-22)36-21(23(28)29)13-17-8-9-20(34-17)14-4-6-15(7-5-14)24(30)33-3/h4-13H,1-3H3,(H,28,29)/b21-13-. The van der Waals surface area contributed by atoms with Crippen LogP contribution in [-0.4, -0.2) is 48.6 Å². The van der Waals surface area contributed by atoms with Gasteiger partial charge in [0.1, 0.15) is 27.9 Å². The Morgan fingerprint density at radius 2 is 1.58 bits per heavy atom. The van der Waals surface area contributed by atoms with E-state index in [2.05, 4.69) is 10.2 Å². The highest BCUT2D eigenvalue weighted by Crippen LogP contribution is 2.33. The minimum atomic E-state index is -1.19. The van der Waals surface area contributed by atoms with Crippen LogP contribution in [0.5, 0.6) is 11.5 Å². The third-order valence-corrected chi connectivity index (χ3v) is 5.76. The van der Waals surface area contributed by atoms with E-state index in [4.69, 9.17) is 23.0 Å². The number of carboxylic acids is 1. The van der Waals surface area contributed by atoms with E-state index in [1.165, 1.54) is 27.4 Å². The zero-order valence-electron chi connectivity index (χ0n) is 19.4. The van der Waals surface area contributed by atoms with Gasteiger partial charge in [-0.1, -0.05) is 12.1 Å². The van der Waals surface area contributed by atoms with E-state index < -0.39 is 11.9 Å². The largest absolute Gasteiger partial charge is 0.497 e. The number of esters is 1. The molecule has 0 spiro atoms. The number of hydrogen-bond acceptors (Lipinski definition) is 10. The van der Waals surface area contributed by atoms with Crippen LogP contribution in [-0.2, 0) is 9.53 Å². The van der Waals surface area contributed by atoms with Gasteiger partial charge >= 0.3 is 11.9 Å². The molecule has 0 fully saturated rings. The lowest BCUT2D eigenvalue weighted by atomic mass is 10.1. The number of methoxy groups -OCH3 is 3. The van der Waals surface area contributed by atoms with Gasteiger partial charge in [0.05, 0.1) is 26.9 Å². The molecule has 10 nitrogen and oxygen atoms in total. The molecule has 4 aromatic rings. The van der Waals surface area contributed by atoms with Crippen LogP contribution < -0.4 is 9.47 Å². The molecule has 0 amide bonds. The molecule has 2 aromatic heterocycles. The third kappa shape index (κ3) is 5.58. The molecule has 0 radical (unpaired) electrons. The Morgan fingerprint density at radius 1 is 0.889 bits per heavy atom. The van der Waals surface area contributed by atoms with Gasteiger partial charge < -0.3 is 28.2 Å². The van der Waals surface area contributed by atoms with Gasteiger partial charge in [-0.2, -0.15) is 0 Å². The van der Waals surface area contributed by atoms with Crippen LogP contribution in [0, 0.1) is 0 Å². The Hall–Kier alpha value is -4.51. The van der Waals surface area contributed by atoms with Crippen molar-refractivity contribution in [1.29, 1.82) is 0 Å². The summed E-state index contributed by atoms with van der Waals surface area (Å²) < 4.78 is 26.6. The highest BCUT2D eigenvalue weighted by molar-refractivity contribution is 8.03. The zero-order valence-corrected chi connectivity index (χ0v) is 20.2. The van der Waals surface area contributed by atoms with Gasteiger partial charge in [-0.3, -0.25) is 0 Å². The van der Waals surface area contributed by atoms with Gasteiger partial charge in [-0.15, -0.1) is 10.2 Å². The van der Waals surface area contributed by atoms with Gasteiger partial charge in [0.2, 0.25) is 5.89 Å². The first-order valence-corrected chi connectivity index (χ1v) is 11.2. The molecule has 4 rings (SSSR count). The molecule has 0 aliphatic rings. The van der Waals surface area contributed by atoms with E-state index in [9.17, 15) is 14.7 Å². The number of carboxylic acid groups (broad SMARTS) is 1. The monoisotopic (exact) mass is 508 g/mol. The Kier molecular flexibility index (Phi) is 7.40. The maximum absolute atomic E-state index is 11.9.